The van der Waals surface area contributed by atoms with Crippen molar-refractivity contribution in [3.05, 3.63) is 98.8 Å². The molecule has 0 unspecified atom stereocenters. The monoisotopic (exact) mass is 748 g/mol. The predicted octanol–water partition coefficient (Wildman–Crippen LogP) is 10.0. The zero-order valence-electron chi connectivity index (χ0n) is 31.3. The summed E-state index contributed by atoms with van der Waals surface area (Å²) in [5.41, 5.74) is 5.58. The van der Waals surface area contributed by atoms with Gasteiger partial charge in [-0.2, -0.15) is 0 Å². The number of nitro groups is 1. The van der Waals surface area contributed by atoms with E-state index < -0.39 is 26.2 Å². The third-order valence-electron chi connectivity index (χ3n) is 9.60. The second-order valence-electron chi connectivity index (χ2n) is 13.8. The molecule has 3 aromatic carbocycles. The zero-order valence-corrected chi connectivity index (χ0v) is 32.2. The van der Waals surface area contributed by atoms with Gasteiger partial charge in [0.1, 0.15) is 17.9 Å². The van der Waals surface area contributed by atoms with E-state index in [1.807, 2.05) is 6.07 Å². The summed E-state index contributed by atoms with van der Waals surface area (Å²) in [6, 6.07) is 19.0. The smallest absolute Gasteiger partial charge is 0.297 e. The van der Waals surface area contributed by atoms with Gasteiger partial charge in [0.15, 0.2) is 11.4 Å². The van der Waals surface area contributed by atoms with E-state index in [1.165, 1.54) is 101 Å². The van der Waals surface area contributed by atoms with Crippen molar-refractivity contribution in [3.63, 3.8) is 0 Å². The van der Waals surface area contributed by atoms with Crippen molar-refractivity contribution in [2.75, 3.05) is 19.3 Å². The molecular formula is C41H56N4O7S. The minimum absolute atomic E-state index is 0.137. The lowest BCUT2D eigenvalue weighted by molar-refractivity contribution is -0.385. The molecule has 2 N–H and O–H groups in total. The first-order valence-corrected chi connectivity index (χ1v) is 20.6. The maximum atomic E-state index is 13.8. The Kier molecular flexibility index (Phi) is 16.6. The molecule has 12 heteroatoms. The Labute approximate surface area is 314 Å². The highest BCUT2D eigenvalue weighted by atomic mass is 32.2. The molecule has 0 amide bonds. The lowest BCUT2D eigenvalue weighted by Crippen LogP contribution is -2.28. The number of benzene rings is 3. The quantitative estimate of drug-likeness (QED) is 0.0304. The van der Waals surface area contributed by atoms with Crippen LogP contribution in [0.15, 0.2) is 87.0 Å². The van der Waals surface area contributed by atoms with Gasteiger partial charge in [-0.15, -0.1) is 4.74 Å². The highest BCUT2D eigenvalue weighted by molar-refractivity contribution is 7.89. The lowest BCUT2D eigenvalue weighted by Gasteiger charge is -2.17. The number of rotatable bonds is 25. The van der Waals surface area contributed by atoms with Crippen LogP contribution in [-0.2, 0) is 16.6 Å². The average Bonchev–Trinajstić information content (AvgIpc) is 3.49. The summed E-state index contributed by atoms with van der Waals surface area (Å²) in [6.45, 7) is 2.36. The Balaban J connectivity index is 1.33. The minimum Gasteiger partial charge on any atom is -0.489 e. The van der Waals surface area contributed by atoms with Crippen LogP contribution in [0.25, 0.3) is 17.0 Å². The highest BCUT2D eigenvalue weighted by Gasteiger charge is 2.29. The fourth-order valence-electron chi connectivity index (χ4n) is 6.39. The van der Waals surface area contributed by atoms with Crippen molar-refractivity contribution >= 4 is 21.4 Å². The first-order valence-electron chi connectivity index (χ1n) is 19.2. The van der Waals surface area contributed by atoms with Crippen LogP contribution < -0.4 is 16.0 Å². The van der Waals surface area contributed by atoms with Gasteiger partial charge in [-0.25, -0.2) is 12.7 Å². The van der Waals surface area contributed by atoms with E-state index in [0.29, 0.717) is 30.0 Å². The predicted molar refractivity (Wildman–Crippen MR) is 211 cm³/mol. The third kappa shape index (κ3) is 12.3. The number of sulfonamides is 1. The molecule has 1 heterocycles. The molecule has 0 spiro atoms. The molecule has 53 heavy (non-hydrogen) atoms. The molecule has 0 saturated carbocycles. The molecule has 0 atom stereocenters. The van der Waals surface area contributed by atoms with Gasteiger partial charge in [0, 0.05) is 30.9 Å². The number of nitrogens with zero attached hydrogens (tertiary/aromatic N) is 3. The van der Waals surface area contributed by atoms with Crippen LogP contribution in [0.2, 0.25) is 0 Å². The van der Waals surface area contributed by atoms with E-state index >= 15 is 0 Å². The molecule has 4 aromatic rings. The topological polar surface area (TPSA) is 151 Å². The fourth-order valence-corrected chi connectivity index (χ4v) is 7.62. The minimum atomic E-state index is -4.03. The number of hydrogen-bond donors (Lipinski definition) is 1. The number of anilines is 1. The van der Waals surface area contributed by atoms with Crippen LogP contribution >= 0.6 is 0 Å². The van der Waals surface area contributed by atoms with Gasteiger partial charge in [-0.1, -0.05) is 134 Å². The summed E-state index contributed by atoms with van der Waals surface area (Å²) in [5, 5.41) is 12.3. The van der Waals surface area contributed by atoms with Crippen LogP contribution in [0.1, 0.15) is 115 Å². The Morgan fingerprint density at radius 3 is 1.89 bits per heavy atom. The SMILES string of the molecule is CCCCCCCCCCCCCCCCCCN(C)S(=O)(=O)c1ccc(-n2oc(-c3ccccc3)c(COc3ccc(N)cc3)c2=O)c([N+](=O)[O-])c1. The Bertz CT molecular complexity index is 1870. The number of nitro benzene ring substituents is 1. The summed E-state index contributed by atoms with van der Waals surface area (Å²) < 4.78 is 40.8. The van der Waals surface area contributed by atoms with Crippen LogP contribution in [0.3, 0.4) is 0 Å². The molecule has 288 valence electrons. The number of nitrogens with two attached hydrogens (primary N) is 1. The molecule has 0 fully saturated rings. The molecular weight excluding hydrogens is 693 g/mol. The van der Waals surface area contributed by atoms with Gasteiger partial charge in [0.05, 0.1) is 9.82 Å². The summed E-state index contributed by atoms with van der Waals surface area (Å²) in [6.07, 6.45) is 19.7. The first-order chi connectivity index (χ1) is 25.6. The summed E-state index contributed by atoms with van der Waals surface area (Å²) in [4.78, 5) is 25.1. The van der Waals surface area contributed by atoms with Gasteiger partial charge in [0.25, 0.3) is 11.2 Å². The maximum absolute atomic E-state index is 13.8. The maximum Gasteiger partial charge on any atom is 0.297 e. The van der Waals surface area contributed by atoms with Gasteiger partial charge < -0.3 is 15.0 Å². The van der Waals surface area contributed by atoms with E-state index in [1.54, 1.807) is 48.5 Å². The van der Waals surface area contributed by atoms with Crippen LogP contribution in [0.4, 0.5) is 11.4 Å². The van der Waals surface area contributed by atoms with Crippen molar-refractivity contribution in [2.45, 2.75) is 121 Å². The normalized spacial score (nSPS) is 11.7. The third-order valence-corrected chi connectivity index (χ3v) is 11.4. The van der Waals surface area contributed by atoms with E-state index in [2.05, 4.69) is 6.92 Å². The first kappa shape index (κ1) is 41.3. The van der Waals surface area contributed by atoms with E-state index in [9.17, 15) is 23.3 Å². The zero-order chi connectivity index (χ0) is 38.1. The Morgan fingerprint density at radius 2 is 1.34 bits per heavy atom. The molecule has 11 nitrogen and oxygen atoms in total. The molecule has 0 saturated heterocycles. The van der Waals surface area contributed by atoms with Gasteiger partial charge in [-0.3, -0.25) is 14.9 Å². The Morgan fingerprint density at radius 1 is 0.792 bits per heavy atom. The lowest BCUT2D eigenvalue weighted by atomic mass is 10.0. The molecule has 0 aliphatic heterocycles. The van der Waals surface area contributed by atoms with Crippen molar-refractivity contribution < 1.29 is 22.6 Å². The van der Waals surface area contributed by atoms with Gasteiger partial charge in [0.2, 0.25) is 10.0 Å². The largest absolute Gasteiger partial charge is 0.489 e. The number of unbranched alkanes of at least 4 members (excludes halogenated alkanes) is 15. The number of hydrogen-bond acceptors (Lipinski definition) is 8. The number of aromatic nitrogens is 1. The van der Waals surface area contributed by atoms with Gasteiger partial charge in [-0.05, 0) is 42.8 Å². The highest BCUT2D eigenvalue weighted by Crippen LogP contribution is 2.31. The van der Waals surface area contributed by atoms with Crippen LogP contribution in [-0.4, -0.2) is 36.0 Å². The van der Waals surface area contributed by atoms with Crippen molar-refractivity contribution in [1.82, 2.24) is 9.05 Å². The van der Waals surface area contributed by atoms with E-state index in [0.717, 1.165) is 30.1 Å². The van der Waals surface area contributed by atoms with Crippen molar-refractivity contribution in [3.8, 4) is 22.8 Å². The van der Waals surface area contributed by atoms with Crippen LogP contribution in [0.5, 0.6) is 5.75 Å². The second kappa shape index (κ2) is 21.3. The van der Waals surface area contributed by atoms with Crippen LogP contribution in [0, 0.1) is 10.1 Å². The average molecular weight is 749 g/mol. The van der Waals surface area contributed by atoms with Crippen molar-refractivity contribution in [1.29, 1.82) is 0 Å². The fraction of sp³-hybridized carbons (Fsp3) is 0.488. The molecule has 0 bridgehead atoms. The summed E-state index contributed by atoms with van der Waals surface area (Å²) in [5.74, 6) is 0.644. The molecule has 4 rings (SSSR count). The molecule has 0 aliphatic rings. The molecule has 1 aromatic heterocycles. The number of nitrogen functional groups attached to an aromatic ring is 1. The summed E-state index contributed by atoms with van der Waals surface area (Å²) in [7, 11) is -2.55. The number of ether oxygens (including phenoxy) is 1. The summed E-state index contributed by atoms with van der Waals surface area (Å²) >= 11 is 0. The van der Waals surface area contributed by atoms with E-state index in [-0.39, 0.29) is 28.5 Å². The molecule has 0 aliphatic carbocycles. The van der Waals surface area contributed by atoms with Gasteiger partial charge >= 0.3 is 0 Å². The van der Waals surface area contributed by atoms with E-state index in [4.69, 9.17) is 15.0 Å². The second-order valence-corrected chi connectivity index (χ2v) is 15.8. The van der Waals surface area contributed by atoms with Crippen molar-refractivity contribution in [2.24, 2.45) is 0 Å². The Hall–Kier alpha value is -4.42. The molecule has 0 radical (unpaired) electrons. The standard InChI is InChI=1S/C41H56N4O7S/c1-3-4-5-6-7-8-9-10-11-12-13-14-15-16-17-21-30-43(2)53(49,50)36-28-29-38(39(31-36)45(47)48)44-41(46)37(32-51-35-26-24-34(42)25-27-35)40(52-44)33-22-19-18-20-23-33/h18-20,22-29,31H,3-17,21,30,32,42H2,1-2H3.